The minimum atomic E-state index is -3.58. The summed E-state index contributed by atoms with van der Waals surface area (Å²) in [5, 5.41) is 0.575. The Morgan fingerprint density at radius 1 is 1.36 bits per heavy atom. The van der Waals surface area contributed by atoms with Crippen molar-refractivity contribution in [1.29, 1.82) is 0 Å². The number of benzene rings is 1. The summed E-state index contributed by atoms with van der Waals surface area (Å²) < 4.78 is 33.7. The topological polar surface area (TPSA) is 55.4 Å². The largest absolute Gasteiger partial charge is 0.372 e. The van der Waals surface area contributed by atoms with Crippen LogP contribution in [0.15, 0.2) is 44.4 Å². The highest BCUT2D eigenvalue weighted by Gasteiger charge is 2.29. The zero-order chi connectivity index (χ0) is 16.4. The molecular formula is C14H15BrClNO3S2. The number of nitrogens with one attached hydrogen (secondary N) is 1. The highest BCUT2D eigenvalue weighted by Crippen LogP contribution is 2.29. The van der Waals surface area contributed by atoms with Crippen LogP contribution in [0.2, 0.25) is 5.02 Å². The molecule has 1 atom stereocenters. The maximum Gasteiger partial charge on any atom is 0.250 e. The van der Waals surface area contributed by atoms with E-state index in [4.69, 9.17) is 16.3 Å². The minimum Gasteiger partial charge on any atom is -0.372 e. The van der Waals surface area contributed by atoms with Crippen molar-refractivity contribution in [3.8, 4) is 0 Å². The Bertz CT molecular complexity index is 763. The minimum absolute atomic E-state index is 0.0989. The molecule has 1 aromatic carbocycles. The molecule has 2 aromatic rings. The molecule has 0 spiro atoms. The summed E-state index contributed by atoms with van der Waals surface area (Å²) in [5.74, 6) is 0. The molecule has 0 aliphatic carbocycles. The predicted octanol–water partition coefficient (Wildman–Crippen LogP) is 4.00. The molecule has 0 amide bonds. The number of hydrogen-bond donors (Lipinski definition) is 1. The Kier molecular flexibility index (Phi) is 5.68. The highest BCUT2D eigenvalue weighted by atomic mass is 79.9. The molecule has 0 saturated carbocycles. The summed E-state index contributed by atoms with van der Waals surface area (Å²) in [6, 6.07) is 10.4. The molecule has 0 saturated heterocycles. The van der Waals surface area contributed by atoms with Gasteiger partial charge in [-0.25, -0.2) is 13.1 Å². The van der Waals surface area contributed by atoms with Gasteiger partial charge >= 0.3 is 0 Å². The van der Waals surface area contributed by atoms with Crippen molar-refractivity contribution in [2.24, 2.45) is 0 Å². The van der Waals surface area contributed by atoms with Gasteiger partial charge in [0.25, 0.3) is 0 Å². The van der Waals surface area contributed by atoms with Crippen LogP contribution in [0.4, 0.5) is 0 Å². The normalized spacial score (nSPS) is 14.7. The first kappa shape index (κ1) is 17.9. The first-order valence-electron chi connectivity index (χ1n) is 6.33. The summed E-state index contributed by atoms with van der Waals surface area (Å²) in [4.78, 5) is 0. The van der Waals surface area contributed by atoms with Gasteiger partial charge in [0.1, 0.15) is 9.81 Å². The van der Waals surface area contributed by atoms with Gasteiger partial charge in [0.05, 0.1) is 3.79 Å². The molecule has 8 heteroatoms. The van der Waals surface area contributed by atoms with Crippen molar-refractivity contribution < 1.29 is 13.2 Å². The second-order valence-corrected chi connectivity index (χ2v) is 9.72. The Morgan fingerprint density at radius 2 is 2.09 bits per heavy atom. The summed E-state index contributed by atoms with van der Waals surface area (Å²) >= 11 is 10.4. The Balaban J connectivity index is 2.20. The van der Waals surface area contributed by atoms with Crippen LogP contribution in [0.3, 0.4) is 0 Å². The van der Waals surface area contributed by atoms with E-state index < -0.39 is 15.6 Å². The van der Waals surface area contributed by atoms with Gasteiger partial charge in [-0.1, -0.05) is 23.7 Å². The summed E-state index contributed by atoms with van der Waals surface area (Å²) in [6.07, 6.45) is 0. The number of methoxy groups -OCH3 is 1. The fraction of sp³-hybridized carbons (Fsp3) is 0.286. The van der Waals surface area contributed by atoms with Crippen molar-refractivity contribution >= 4 is 48.9 Å². The fourth-order valence-electron chi connectivity index (χ4n) is 1.86. The highest BCUT2D eigenvalue weighted by molar-refractivity contribution is 9.11. The summed E-state index contributed by atoms with van der Waals surface area (Å²) in [5.41, 5.74) is -0.00974. The predicted molar refractivity (Wildman–Crippen MR) is 93.0 cm³/mol. The van der Waals surface area contributed by atoms with Crippen LogP contribution in [0.1, 0.15) is 12.5 Å². The van der Waals surface area contributed by atoms with Crippen LogP contribution in [0.5, 0.6) is 0 Å². The standard InChI is InChI=1S/C14H15BrClNO3S2/c1-14(20-2,10-4-3-5-11(16)8-10)9-17-22(18,19)13-7-6-12(15)21-13/h3-8,17H,9H2,1-2H3/t14-/m1/s1. The first-order chi connectivity index (χ1) is 10.3. The van der Waals surface area contributed by atoms with Crippen LogP contribution >= 0.6 is 38.9 Å². The third-order valence-electron chi connectivity index (χ3n) is 3.30. The van der Waals surface area contributed by atoms with Crippen LogP contribution in [-0.2, 0) is 20.4 Å². The lowest BCUT2D eigenvalue weighted by atomic mass is 9.96. The second-order valence-electron chi connectivity index (χ2n) is 4.83. The monoisotopic (exact) mass is 423 g/mol. The molecule has 0 aliphatic heterocycles. The first-order valence-corrected chi connectivity index (χ1v) is 9.80. The van der Waals surface area contributed by atoms with Gasteiger partial charge in [0.15, 0.2) is 0 Å². The van der Waals surface area contributed by atoms with Gasteiger partial charge in [-0.15, -0.1) is 11.3 Å². The lowest BCUT2D eigenvalue weighted by Crippen LogP contribution is -2.39. The third-order valence-corrected chi connectivity index (χ3v) is 7.05. The fourth-order valence-corrected chi connectivity index (χ4v) is 5.23. The molecule has 22 heavy (non-hydrogen) atoms. The van der Waals surface area contributed by atoms with E-state index >= 15 is 0 Å². The van der Waals surface area contributed by atoms with Gasteiger partial charge < -0.3 is 4.74 Å². The Morgan fingerprint density at radius 3 is 2.64 bits per heavy atom. The van der Waals surface area contributed by atoms with Crippen molar-refractivity contribution in [3.63, 3.8) is 0 Å². The van der Waals surface area contributed by atoms with E-state index in [9.17, 15) is 8.42 Å². The SMILES string of the molecule is CO[C@](C)(CNS(=O)(=O)c1ccc(Br)s1)c1cccc(Cl)c1. The number of hydrogen-bond acceptors (Lipinski definition) is 4. The van der Waals surface area contributed by atoms with E-state index in [1.807, 2.05) is 13.0 Å². The van der Waals surface area contributed by atoms with Gasteiger partial charge in [-0.3, -0.25) is 0 Å². The number of rotatable bonds is 6. The van der Waals surface area contributed by atoms with E-state index in [1.165, 1.54) is 7.11 Å². The quantitative estimate of drug-likeness (QED) is 0.762. The molecular weight excluding hydrogens is 410 g/mol. The van der Waals surface area contributed by atoms with E-state index in [2.05, 4.69) is 20.7 Å². The van der Waals surface area contributed by atoms with E-state index in [-0.39, 0.29) is 10.8 Å². The maximum atomic E-state index is 12.3. The van der Waals surface area contributed by atoms with Crippen molar-refractivity contribution in [2.45, 2.75) is 16.7 Å². The molecule has 1 aromatic heterocycles. The van der Waals surface area contributed by atoms with Gasteiger partial charge in [-0.2, -0.15) is 0 Å². The summed E-state index contributed by atoms with van der Waals surface area (Å²) in [7, 11) is -2.04. The van der Waals surface area contributed by atoms with Gasteiger partial charge in [0.2, 0.25) is 10.0 Å². The van der Waals surface area contributed by atoms with E-state index in [0.29, 0.717) is 5.02 Å². The van der Waals surface area contributed by atoms with Crippen LogP contribution in [0, 0.1) is 0 Å². The molecule has 0 radical (unpaired) electrons. The average molecular weight is 425 g/mol. The zero-order valence-corrected chi connectivity index (χ0v) is 15.9. The average Bonchev–Trinajstić information content (AvgIpc) is 2.92. The van der Waals surface area contributed by atoms with Crippen LogP contribution < -0.4 is 4.72 Å². The Labute approximate surface area is 147 Å². The molecule has 4 nitrogen and oxygen atoms in total. The maximum absolute atomic E-state index is 12.3. The Hall–Kier alpha value is -0.440. The summed E-state index contributed by atoms with van der Waals surface area (Å²) in [6.45, 7) is 1.91. The van der Waals surface area contributed by atoms with Gasteiger partial charge in [0, 0.05) is 18.7 Å². The third kappa shape index (κ3) is 4.10. The van der Waals surface area contributed by atoms with Crippen molar-refractivity contribution in [2.75, 3.05) is 13.7 Å². The van der Waals surface area contributed by atoms with E-state index in [1.54, 1.807) is 30.3 Å². The lowest BCUT2D eigenvalue weighted by molar-refractivity contribution is 0.00700. The molecule has 1 heterocycles. The van der Waals surface area contributed by atoms with Gasteiger partial charge in [-0.05, 0) is 52.7 Å². The molecule has 120 valence electrons. The lowest BCUT2D eigenvalue weighted by Gasteiger charge is -2.29. The zero-order valence-electron chi connectivity index (χ0n) is 12.0. The molecule has 0 unspecified atom stereocenters. The van der Waals surface area contributed by atoms with Crippen LogP contribution in [-0.4, -0.2) is 22.1 Å². The molecule has 0 bridgehead atoms. The second kappa shape index (κ2) is 6.98. The molecule has 1 N–H and O–H groups in total. The van der Waals surface area contributed by atoms with Crippen molar-refractivity contribution in [3.05, 3.63) is 50.8 Å². The number of sulfonamides is 1. The van der Waals surface area contributed by atoms with Crippen molar-refractivity contribution in [1.82, 2.24) is 4.72 Å². The number of ether oxygens (including phenoxy) is 1. The smallest absolute Gasteiger partial charge is 0.250 e. The molecule has 0 aliphatic rings. The van der Waals surface area contributed by atoms with E-state index in [0.717, 1.165) is 20.7 Å². The van der Waals surface area contributed by atoms with Crippen LogP contribution in [0.25, 0.3) is 0 Å². The number of thiophene rings is 1. The molecule has 2 rings (SSSR count). The molecule has 0 fully saturated rings. The number of halogens is 2.